The predicted molar refractivity (Wildman–Crippen MR) is 342 cm³/mol. The molecule has 2 fully saturated rings. The number of amides is 1. The molecule has 0 aromatic heterocycles. The minimum Gasteiger partial charge on any atom is -0.394 e. The number of rotatable bonds is 59. The third kappa shape index (κ3) is 39.5. The van der Waals surface area contributed by atoms with E-state index in [0.717, 1.165) is 64.2 Å². The zero-order chi connectivity index (χ0) is 60.9. The van der Waals surface area contributed by atoms with Crippen molar-refractivity contribution in [3.05, 3.63) is 24.3 Å². The van der Waals surface area contributed by atoms with Crippen molar-refractivity contribution in [3.63, 3.8) is 0 Å². The van der Waals surface area contributed by atoms with Gasteiger partial charge in [0.15, 0.2) is 12.6 Å². The standard InChI is InChI=1S/C70H133NO13/c1-3-5-7-9-11-13-15-17-19-21-23-25-26-27-28-29-30-31-32-34-35-37-39-41-43-45-47-49-51-53-59(74)58(57-81-69-67(80)65(78)68(61(56-73)83-69)84-70-66(79)64(77)63(76)60(55-72)82-70)71-62(75)54-52-50-48-46-44-42-40-38-36-33-24-22-20-18-16-14-12-10-8-6-4-2/h16,18,22,24,58-61,63-70,72-74,76-80H,3-15,17,19-21,23,25-57H2,1-2H3,(H,71,75)/b18-16-,24-22-. The van der Waals surface area contributed by atoms with Crippen LogP contribution >= 0.6 is 0 Å². The van der Waals surface area contributed by atoms with Crippen LogP contribution < -0.4 is 5.32 Å². The van der Waals surface area contributed by atoms with Crippen LogP contribution in [0, 0.1) is 0 Å². The molecule has 0 aromatic carbocycles. The van der Waals surface area contributed by atoms with Gasteiger partial charge in [0.2, 0.25) is 5.91 Å². The van der Waals surface area contributed by atoms with E-state index in [1.54, 1.807) is 0 Å². The van der Waals surface area contributed by atoms with Gasteiger partial charge in [0.05, 0.1) is 32.0 Å². The molecule has 0 radical (unpaired) electrons. The number of nitrogens with one attached hydrogen (secondary N) is 1. The Morgan fingerprint density at radius 1 is 0.429 bits per heavy atom. The van der Waals surface area contributed by atoms with Crippen LogP contribution in [-0.4, -0.2) is 140 Å². The Morgan fingerprint density at radius 2 is 0.786 bits per heavy atom. The van der Waals surface area contributed by atoms with Gasteiger partial charge in [-0.25, -0.2) is 0 Å². The number of carbonyl (C=O) groups is 1. The highest BCUT2D eigenvalue weighted by atomic mass is 16.7. The molecule has 0 spiro atoms. The predicted octanol–water partition coefficient (Wildman–Crippen LogP) is 14.3. The number of carbonyl (C=O) groups excluding carboxylic acids is 1. The number of aliphatic hydroxyl groups excluding tert-OH is 8. The van der Waals surface area contributed by atoms with Crippen molar-refractivity contribution in [2.75, 3.05) is 19.8 Å². The molecule has 14 nitrogen and oxygen atoms in total. The van der Waals surface area contributed by atoms with Crippen molar-refractivity contribution in [3.8, 4) is 0 Å². The zero-order valence-electron chi connectivity index (χ0n) is 53.9. The monoisotopic (exact) mass is 1200 g/mol. The Kier molecular flexibility index (Phi) is 51.9. The average molecular weight is 1200 g/mol. The Balaban J connectivity index is 1.66. The minimum atomic E-state index is -1.78. The minimum absolute atomic E-state index is 0.206. The number of aliphatic hydroxyl groups is 8. The quantitative estimate of drug-likeness (QED) is 0.0204. The smallest absolute Gasteiger partial charge is 0.220 e. The van der Waals surface area contributed by atoms with E-state index in [1.807, 2.05) is 0 Å². The molecule has 2 rings (SSSR count). The topological polar surface area (TPSA) is 228 Å². The second kappa shape index (κ2) is 55.5. The molecule has 2 saturated heterocycles. The molecule has 9 N–H and O–H groups in total. The molecule has 0 saturated carbocycles. The van der Waals surface area contributed by atoms with Gasteiger partial charge in [-0.3, -0.25) is 4.79 Å². The Hall–Kier alpha value is -1.53. The van der Waals surface area contributed by atoms with Crippen LogP contribution in [0.15, 0.2) is 24.3 Å². The molecule has 0 aromatic rings. The first kappa shape index (κ1) is 78.6. The van der Waals surface area contributed by atoms with Gasteiger partial charge >= 0.3 is 0 Å². The molecule has 14 heteroatoms. The van der Waals surface area contributed by atoms with E-state index >= 15 is 0 Å². The molecule has 0 bridgehead atoms. The molecular formula is C70H133NO13. The first-order chi connectivity index (χ1) is 41.1. The summed E-state index contributed by atoms with van der Waals surface area (Å²) in [5.74, 6) is -0.206. The molecule has 12 atom stereocenters. The second-order valence-corrected chi connectivity index (χ2v) is 25.4. The molecule has 84 heavy (non-hydrogen) atoms. The normalized spacial score (nSPS) is 23.7. The molecule has 12 unspecified atom stereocenters. The average Bonchev–Trinajstić information content (AvgIpc) is 3.18. The van der Waals surface area contributed by atoms with Crippen molar-refractivity contribution in [2.24, 2.45) is 0 Å². The van der Waals surface area contributed by atoms with Crippen molar-refractivity contribution < 1.29 is 64.6 Å². The van der Waals surface area contributed by atoms with E-state index in [0.29, 0.717) is 12.8 Å². The highest BCUT2D eigenvalue weighted by Gasteiger charge is 2.51. The number of hydrogen-bond acceptors (Lipinski definition) is 13. The van der Waals surface area contributed by atoms with Gasteiger partial charge in [0.25, 0.3) is 0 Å². The summed E-state index contributed by atoms with van der Waals surface area (Å²) in [5, 5.41) is 87.6. The third-order valence-electron chi connectivity index (χ3n) is 17.7. The molecule has 2 heterocycles. The first-order valence-electron chi connectivity index (χ1n) is 35.6. The largest absolute Gasteiger partial charge is 0.394 e. The molecule has 496 valence electrons. The summed E-state index contributed by atoms with van der Waals surface area (Å²) in [6.45, 7) is 2.90. The van der Waals surface area contributed by atoms with Gasteiger partial charge < -0.3 is 65.1 Å². The van der Waals surface area contributed by atoms with Crippen LogP contribution in [0.2, 0.25) is 0 Å². The lowest BCUT2D eigenvalue weighted by molar-refractivity contribution is -0.359. The number of allylic oxidation sites excluding steroid dienone is 4. The maximum absolute atomic E-state index is 13.3. The first-order valence-corrected chi connectivity index (χ1v) is 35.6. The van der Waals surface area contributed by atoms with E-state index in [1.165, 1.54) is 231 Å². The maximum Gasteiger partial charge on any atom is 0.220 e. The second-order valence-electron chi connectivity index (χ2n) is 25.4. The van der Waals surface area contributed by atoms with Crippen molar-refractivity contribution in [1.29, 1.82) is 0 Å². The van der Waals surface area contributed by atoms with E-state index < -0.39 is 86.8 Å². The SMILES string of the molecule is CCCCCCC/C=C\C/C=C\CCCCCCCCCCCC(=O)NC(COC1OC(CO)C(OC2OC(CO)C(O)C(O)C2O)C(O)C1O)C(O)CCCCCCCCCCCCCCCCCCCCCCCCCCCCCCC. The van der Waals surface area contributed by atoms with E-state index in [2.05, 4.69) is 43.5 Å². The van der Waals surface area contributed by atoms with Crippen molar-refractivity contribution in [2.45, 2.75) is 396 Å². The number of hydrogen-bond donors (Lipinski definition) is 9. The highest BCUT2D eigenvalue weighted by molar-refractivity contribution is 5.76. The Labute approximate surface area is 513 Å². The summed E-state index contributed by atoms with van der Waals surface area (Å²) in [4.78, 5) is 13.3. The number of unbranched alkanes of at least 4 members (excludes halogenated alkanes) is 42. The molecule has 1 amide bonds. The van der Waals surface area contributed by atoms with E-state index in [-0.39, 0.29) is 12.5 Å². The summed E-state index contributed by atoms with van der Waals surface area (Å²) >= 11 is 0. The molecule has 2 aliphatic rings. The molecular weight excluding hydrogens is 1060 g/mol. The molecule has 2 aliphatic heterocycles. The fourth-order valence-corrected chi connectivity index (χ4v) is 12.0. The summed E-state index contributed by atoms with van der Waals surface area (Å²) in [7, 11) is 0. The van der Waals surface area contributed by atoms with Gasteiger partial charge in [0, 0.05) is 6.42 Å². The van der Waals surface area contributed by atoms with Gasteiger partial charge in [-0.15, -0.1) is 0 Å². The van der Waals surface area contributed by atoms with Gasteiger partial charge in [-0.2, -0.15) is 0 Å². The zero-order valence-corrected chi connectivity index (χ0v) is 53.9. The summed E-state index contributed by atoms with van der Waals surface area (Å²) < 4.78 is 22.9. The van der Waals surface area contributed by atoms with E-state index in [9.17, 15) is 45.6 Å². The Bertz CT molecular complexity index is 1500. The van der Waals surface area contributed by atoms with Gasteiger partial charge in [-0.1, -0.05) is 295 Å². The lowest BCUT2D eigenvalue weighted by atomic mass is 9.97. The molecule has 0 aliphatic carbocycles. The summed E-state index contributed by atoms with van der Waals surface area (Å²) in [6.07, 6.45) is 51.9. The van der Waals surface area contributed by atoms with Gasteiger partial charge in [-0.05, 0) is 44.9 Å². The van der Waals surface area contributed by atoms with Crippen LogP contribution in [0.5, 0.6) is 0 Å². The van der Waals surface area contributed by atoms with Crippen molar-refractivity contribution >= 4 is 5.91 Å². The van der Waals surface area contributed by atoms with E-state index in [4.69, 9.17) is 18.9 Å². The maximum atomic E-state index is 13.3. The fourth-order valence-electron chi connectivity index (χ4n) is 12.0. The van der Waals surface area contributed by atoms with Crippen LogP contribution in [0.4, 0.5) is 0 Å². The third-order valence-corrected chi connectivity index (χ3v) is 17.7. The van der Waals surface area contributed by atoms with Crippen LogP contribution in [-0.2, 0) is 23.7 Å². The van der Waals surface area contributed by atoms with Crippen LogP contribution in [0.25, 0.3) is 0 Å². The van der Waals surface area contributed by atoms with Crippen LogP contribution in [0.1, 0.15) is 322 Å². The summed E-state index contributed by atoms with van der Waals surface area (Å²) in [5.41, 5.74) is 0. The lowest BCUT2D eigenvalue weighted by Crippen LogP contribution is -2.65. The highest BCUT2D eigenvalue weighted by Crippen LogP contribution is 2.30. The van der Waals surface area contributed by atoms with Crippen LogP contribution in [0.3, 0.4) is 0 Å². The summed E-state index contributed by atoms with van der Waals surface area (Å²) in [6, 6.07) is -0.831. The lowest BCUT2D eigenvalue weighted by Gasteiger charge is -2.46. The Morgan fingerprint density at radius 3 is 1.19 bits per heavy atom. The van der Waals surface area contributed by atoms with Gasteiger partial charge in [0.1, 0.15) is 48.8 Å². The number of ether oxygens (including phenoxy) is 4. The fraction of sp³-hybridized carbons (Fsp3) is 0.929. The van der Waals surface area contributed by atoms with Crippen molar-refractivity contribution in [1.82, 2.24) is 5.32 Å².